The lowest BCUT2D eigenvalue weighted by molar-refractivity contribution is -0.121. The molecule has 1 aromatic heterocycles. The second kappa shape index (κ2) is 10.7. The Morgan fingerprint density at radius 1 is 1.19 bits per heavy atom. The molecule has 1 aliphatic rings. The molecule has 1 saturated heterocycles. The molecule has 32 heavy (non-hydrogen) atoms. The number of nitrogens with zero attached hydrogens (tertiary/aromatic N) is 2. The first kappa shape index (κ1) is 22.5. The van der Waals surface area contributed by atoms with E-state index in [1.54, 1.807) is 24.4 Å². The van der Waals surface area contributed by atoms with Crippen LogP contribution in [0.4, 0.5) is 4.39 Å². The predicted molar refractivity (Wildman–Crippen MR) is 120 cm³/mol. The average molecular weight is 458 g/mol. The third-order valence-electron chi connectivity index (χ3n) is 5.46. The van der Waals surface area contributed by atoms with Gasteiger partial charge in [0.2, 0.25) is 5.91 Å². The van der Waals surface area contributed by atoms with Crippen LogP contribution >= 0.6 is 11.6 Å². The van der Waals surface area contributed by atoms with Crippen LogP contribution in [-0.4, -0.2) is 48.6 Å². The fourth-order valence-electron chi connectivity index (χ4n) is 3.75. The van der Waals surface area contributed by atoms with Crippen LogP contribution in [-0.2, 0) is 16.0 Å². The Labute approximate surface area is 191 Å². The van der Waals surface area contributed by atoms with E-state index in [2.05, 4.69) is 15.2 Å². The third kappa shape index (κ3) is 5.94. The number of amides is 1. The minimum atomic E-state index is -0.285. The molecule has 2 heterocycles. The molecule has 1 atom stereocenters. The summed E-state index contributed by atoms with van der Waals surface area (Å²) in [6.07, 6.45) is 2.29. The zero-order chi connectivity index (χ0) is 22.3. The highest BCUT2D eigenvalue weighted by Gasteiger charge is 2.23. The third-order valence-corrected chi connectivity index (χ3v) is 5.71. The molecule has 8 heteroatoms. The molecular weight excluding hydrogens is 433 g/mol. The number of aromatic nitrogens is 1. The number of rotatable bonds is 8. The standard InChI is InChI=1S/C24H25ClFN3O3/c25-19-6-4-17(5-7-19)22-16-28-24(32-22)9-8-23(30)27-15-21(29-10-12-31-13-11-29)18-2-1-3-20(26)14-18/h1-7,14,16,21H,8-13,15H2,(H,27,30). The van der Waals surface area contributed by atoms with Crippen LogP contribution < -0.4 is 5.32 Å². The van der Waals surface area contributed by atoms with E-state index in [0.29, 0.717) is 42.9 Å². The molecule has 1 unspecified atom stereocenters. The van der Waals surface area contributed by atoms with E-state index < -0.39 is 0 Å². The summed E-state index contributed by atoms with van der Waals surface area (Å²) in [6, 6.07) is 13.7. The normalized spacial score (nSPS) is 15.4. The minimum absolute atomic E-state index is 0.106. The smallest absolute Gasteiger partial charge is 0.220 e. The van der Waals surface area contributed by atoms with Crippen molar-refractivity contribution in [2.24, 2.45) is 0 Å². The van der Waals surface area contributed by atoms with E-state index in [1.165, 1.54) is 12.1 Å². The van der Waals surface area contributed by atoms with Crippen molar-refractivity contribution in [2.75, 3.05) is 32.8 Å². The zero-order valence-corrected chi connectivity index (χ0v) is 18.4. The van der Waals surface area contributed by atoms with E-state index in [4.69, 9.17) is 20.8 Å². The molecule has 2 aromatic carbocycles. The number of benzene rings is 2. The van der Waals surface area contributed by atoms with Crippen molar-refractivity contribution in [3.8, 4) is 11.3 Å². The summed E-state index contributed by atoms with van der Waals surface area (Å²) in [7, 11) is 0. The molecule has 0 spiro atoms. The highest BCUT2D eigenvalue weighted by molar-refractivity contribution is 6.30. The van der Waals surface area contributed by atoms with Crippen molar-refractivity contribution in [2.45, 2.75) is 18.9 Å². The molecule has 6 nitrogen and oxygen atoms in total. The number of carbonyl (C=O) groups is 1. The summed E-state index contributed by atoms with van der Waals surface area (Å²) in [5, 5.41) is 3.64. The SMILES string of the molecule is O=C(CCc1ncc(-c2ccc(Cl)cc2)o1)NCC(c1cccc(F)c1)N1CCOCC1. The van der Waals surface area contributed by atoms with Gasteiger partial charge in [-0.1, -0.05) is 23.7 Å². The first-order chi connectivity index (χ1) is 15.6. The Morgan fingerprint density at radius 3 is 2.72 bits per heavy atom. The second-order valence-corrected chi connectivity index (χ2v) is 8.08. The van der Waals surface area contributed by atoms with E-state index >= 15 is 0 Å². The van der Waals surface area contributed by atoms with E-state index in [0.717, 1.165) is 24.2 Å². The van der Waals surface area contributed by atoms with E-state index in [1.807, 2.05) is 18.2 Å². The zero-order valence-electron chi connectivity index (χ0n) is 17.6. The van der Waals surface area contributed by atoms with Gasteiger partial charge < -0.3 is 14.5 Å². The summed E-state index contributed by atoms with van der Waals surface area (Å²) in [5.41, 5.74) is 1.72. The molecule has 0 radical (unpaired) electrons. The first-order valence-corrected chi connectivity index (χ1v) is 11.0. The van der Waals surface area contributed by atoms with Gasteiger partial charge >= 0.3 is 0 Å². The van der Waals surface area contributed by atoms with Crippen molar-refractivity contribution in [3.05, 3.63) is 77.0 Å². The van der Waals surface area contributed by atoms with Crippen LogP contribution in [0.15, 0.2) is 59.1 Å². The molecular formula is C24H25ClFN3O3. The Morgan fingerprint density at radius 2 is 1.97 bits per heavy atom. The van der Waals surface area contributed by atoms with Crippen LogP contribution in [0.5, 0.6) is 0 Å². The molecule has 1 fully saturated rings. The molecule has 1 aliphatic heterocycles. The highest BCUT2D eigenvalue weighted by Crippen LogP contribution is 2.24. The maximum Gasteiger partial charge on any atom is 0.220 e. The molecule has 1 amide bonds. The molecule has 0 bridgehead atoms. The van der Waals surface area contributed by atoms with Gasteiger partial charge in [0.05, 0.1) is 25.5 Å². The van der Waals surface area contributed by atoms with Gasteiger partial charge in [-0.25, -0.2) is 9.37 Å². The maximum absolute atomic E-state index is 13.8. The molecule has 4 rings (SSSR count). The maximum atomic E-state index is 13.8. The second-order valence-electron chi connectivity index (χ2n) is 7.65. The van der Waals surface area contributed by atoms with Gasteiger partial charge in [-0.2, -0.15) is 0 Å². The summed E-state index contributed by atoms with van der Waals surface area (Å²) >= 11 is 5.92. The van der Waals surface area contributed by atoms with Gasteiger partial charge in [-0.3, -0.25) is 9.69 Å². The molecule has 0 saturated carbocycles. The quantitative estimate of drug-likeness (QED) is 0.547. The molecule has 3 aromatic rings. The van der Waals surface area contributed by atoms with Gasteiger partial charge in [-0.15, -0.1) is 0 Å². The van der Waals surface area contributed by atoms with Gasteiger partial charge in [0.1, 0.15) is 5.82 Å². The van der Waals surface area contributed by atoms with Crippen LogP contribution in [0, 0.1) is 5.82 Å². The van der Waals surface area contributed by atoms with Gasteiger partial charge in [0, 0.05) is 43.1 Å². The Bertz CT molecular complexity index is 1030. The van der Waals surface area contributed by atoms with Crippen molar-refractivity contribution >= 4 is 17.5 Å². The van der Waals surface area contributed by atoms with Gasteiger partial charge in [0.25, 0.3) is 0 Å². The molecule has 0 aliphatic carbocycles. The fraction of sp³-hybridized carbons (Fsp3) is 0.333. The molecule has 168 valence electrons. The number of ether oxygens (including phenoxy) is 1. The van der Waals surface area contributed by atoms with Gasteiger partial charge in [-0.05, 0) is 42.0 Å². The number of nitrogens with one attached hydrogen (secondary N) is 1. The van der Waals surface area contributed by atoms with Crippen molar-refractivity contribution in [3.63, 3.8) is 0 Å². The number of hydrogen-bond donors (Lipinski definition) is 1. The lowest BCUT2D eigenvalue weighted by atomic mass is 10.0. The van der Waals surface area contributed by atoms with Crippen molar-refractivity contribution in [1.82, 2.24) is 15.2 Å². The lowest BCUT2D eigenvalue weighted by Gasteiger charge is -2.35. The summed E-state index contributed by atoms with van der Waals surface area (Å²) in [6.45, 7) is 3.12. The summed E-state index contributed by atoms with van der Waals surface area (Å²) < 4.78 is 25.0. The van der Waals surface area contributed by atoms with Crippen molar-refractivity contribution < 1.29 is 18.3 Å². The summed E-state index contributed by atoms with van der Waals surface area (Å²) in [5.74, 6) is 0.744. The minimum Gasteiger partial charge on any atom is -0.441 e. The van der Waals surface area contributed by atoms with Crippen LogP contribution in [0.1, 0.15) is 23.9 Å². The number of oxazole rings is 1. The van der Waals surface area contributed by atoms with Crippen LogP contribution in [0.3, 0.4) is 0 Å². The predicted octanol–water partition coefficient (Wildman–Crippen LogP) is 4.26. The fourth-order valence-corrected chi connectivity index (χ4v) is 3.88. The summed E-state index contributed by atoms with van der Waals surface area (Å²) in [4.78, 5) is 19.0. The number of aryl methyl sites for hydroxylation is 1. The molecule has 1 N–H and O–H groups in total. The van der Waals surface area contributed by atoms with Crippen molar-refractivity contribution in [1.29, 1.82) is 0 Å². The van der Waals surface area contributed by atoms with E-state index in [9.17, 15) is 9.18 Å². The number of morpholine rings is 1. The monoisotopic (exact) mass is 457 g/mol. The van der Waals surface area contributed by atoms with Gasteiger partial charge in [0.15, 0.2) is 11.7 Å². The number of carbonyl (C=O) groups excluding carboxylic acids is 1. The Balaban J connectivity index is 1.33. The van der Waals surface area contributed by atoms with Crippen LogP contribution in [0.2, 0.25) is 5.02 Å². The van der Waals surface area contributed by atoms with Crippen LogP contribution in [0.25, 0.3) is 11.3 Å². The average Bonchev–Trinajstić information content (AvgIpc) is 3.28. The Kier molecular flexibility index (Phi) is 7.52. The first-order valence-electron chi connectivity index (χ1n) is 10.6. The van der Waals surface area contributed by atoms with E-state index in [-0.39, 0.29) is 24.2 Å². The number of hydrogen-bond acceptors (Lipinski definition) is 5. The lowest BCUT2D eigenvalue weighted by Crippen LogP contribution is -2.43. The number of halogens is 2. The largest absolute Gasteiger partial charge is 0.441 e. The highest BCUT2D eigenvalue weighted by atomic mass is 35.5. The Hall–Kier alpha value is -2.74. The topological polar surface area (TPSA) is 67.6 Å².